The lowest BCUT2D eigenvalue weighted by Gasteiger charge is -2.10. The van der Waals surface area contributed by atoms with E-state index in [1.54, 1.807) is 0 Å². The first kappa shape index (κ1) is 13.0. The Morgan fingerprint density at radius 1 is 1.08 bits per heavy atom. The van der Waals surface area contributed by atoms with Crippen LogP contribution >= 0.6 is 11.6 Å². The highest BCUT2D eigenvalue weighted by Gasteiger charge is 2.13. The summed E-state index contributed by atoms with van der Waals surface area (Å²) in [6.07, 6.45) is 7.89. The van der Waals surface area contributed by atoms with Crippen LogP contribution in [-0.4, -0.2) is 5.24 Å². The highest BCUT2D eigenvalue weighted by atomic mass is 35.5. The van der Waals surface area contributed by atoms with Crippen molar-refractivity contribution in [1.29, 1.82) is 0 Å². The minimum atomic E-state index is -0.140. The maximum atomic E-state index is 11.0. The van der Waals surface area contributed by atoms with Crippen molar-refractivity contribution < 1.29 is 4.79 Å². The lowest BCUT2D eigenvalue weighted by Crippen LogP contribution is -2.08. The maximum Gasteiger partial charge on any atom is 0.224 e. The summed E-state index contributed by atoms with van der Waals surface area (Å²) in [5.41, 5.74) is 0. The number of rotatable bonds is 8. The number of carbonyl (C=O) groups excluding carboxylic acids is 1. The van der Waals surface area contributed by atoms with E-state index < -0.39 is 0 Å². The first-order valence-electron chi connectivity index (χ1n) is 5.41. The third-order valence-electron chi connectivity index (χ3n) is 2.36. The van der Waals surface area contributed by atoms with Gasteiger partial charge in [0, 0.05) is 5.92 Å². The standard InChI is InChI=1S/C11H21ClO/c1-3-5-6-7-9-10(8-4-2)11(12)13/h10H,3-9H2,1-2H3. The first-order chi connectivity index (χ1) is 6.22. The lowest BCUT2D eigenvalue weighted by molar-refractivity contribution is -0.115. The Kier molecular flexibility index (Phi) is 8.53. The molecule has 0 heterocycles. The molecule has 0 aliphatic carbocycles. The molecule has 0 radical (unpaired) electrons. The molecule has 0 saturated carbocycles. The Balaban J connectivity index is 3.51. The van der Waals surface area contributed by atoms with Gasteiger partial charge in [0.25, 0.3) is 0 Å². The van der Waals surface area contributed by atoms with Gasteiger partial charge in [0.1, 0.15) is 0 Å². The third kappa shape index (κ3) is 7.06. The predicted octanol–water partition coefficient (Wildman–Crippen LogP) is 4.14. The summed E-state index contributed by atoms with van der Waals surface area (Å²) >= 11 is 5.50. The summed E-state index contributed by atoms with van der Waals surface area (Å²) in [5, 5.41) is -0.140. The highest BCUT2D eigenvalue weighted by Crippen LogP contribution is 2.18. The molecule has 1 nitrogen and oxygen atoms in total. The maximum absolute atomic E-state index is 11.0. The fraction of sp³-hybridized carbons (Fsp3) is 0.909. The van der Waals surface area contributed by atoms with Crippen LogP contribution in [0.1, 0.15) is 58.8 Å². The smallest absolute Gasteiger partial charge is 0.224 e. The van der Waals surface area contributed by atoms with Crippen molar-refractivity contribution in [3.63, 3.8) is 0 Å². The van der Waals surface area contributed by atoms with E-state index in [4.69, 9.17) is 11.6 Å². The molecule has 2 heteroatoms. The molecule has 0 saturated heterocycles. The summed E-state index contributed by atoms with van der Waals surface area (Å²) in [5.74, 6) is 0.114. The van der Waals surface area contributed by atoms with Crippen LogP contribution in [0.25, 0.3) is 0 Å². The van der Waals surface area contributed by atoms with Gasteiger partial charge in [0.05, 0.1) is 0 Å². The van der Waals surface area contributed by atoms with Crippen LogP contribution in [0.15, 0.2) is 0 Å². The van der Waals surface area contributed by atoms with Crippen LogP contribution in [0.3, 0.4) is 0 Å². The van der Waals surface area contributed by atoms with Gasteiger partial charge in [-0.15, -0.1) is 0 Å². The zero-order valence-corrected chi connectivity index (χ0v) is 9.57. The molecule has 0 fully saturated rings. The SMILES string of the molecule is CCCCCCC(CCC)C(=O)Cl. The summed E-state index contributed by atoms with van der Waals surface area (Å²) in [6, 6.07) is 0. The van der Waals surface area contributed by atoms with Gasteiger partial charge in [0.2, 0.25) is 5.24 Å². The number of carbonyl (C=O) groups is 1. The molecule has 0 amide bonds. The van der Waals surface area contributed by atoms with E-state index in [1.165, 1.54) is 19.3 Å². The second-order valence-corrected chi connectivity index (χ2v) is 4.01. The zero-order valence-electron chi connectivity index (χ0n) is 8.81. The minimum absolute atomic E-state index is 0.114. The zero-order chi connectivity index (χ0) is 10.1. The van der Waals surface area contributed by atoms with Crippen molar-refractivity contribution in [2.75, 3.05) is 0 Å². The van der Waals surface area contributed by atoms with E-state index in [9.17, 15) is 4.79 Å². The largest absolute Gasteiger partial charge is 0.281 e. The number of hydrogen-bond donors (Lipinski definition) is 0. The van der Waals surface area contributed by atoms with E-state index in [0.29, 0.717) is 0 Å². The van der Waals surface area contributed by atoms with Gasteiger partial charge in [0.15, 0.2) is 0 Å². The minimum Gasteiger partial charge on any atom is -0.281 e. The molecule has 78 valence electrons. The summed E-state index contributed by atoms with van der Waals surface area (Å²) in [6.45, 7) is 4.29. The van der Waals surface area contributed by atoms with Gasteiger partial charge >= 0.3 is 0 Å². The number of halogens is 1. The van der Waals surface area contributed by atoms with Gasteiger partial charge in [-0.1, -0.05) is 46.0 Å². The monoisotopic (exact) mass is 204 g/mol. The van der Waals surface area contributed by atoms with E-state index >= 15 is 0 Å². The van der Waals surface area contributed by atoms with E-state index in [2.05, 4.69) is 13.8 Å². The van der Waals surface area contributed by atoms with Gasteiger partial charge < -0.3 is 0 Å². The lowest BCUT2D eigenvalue weighted by atomic mass is 9.97. The second-order valence-electron chi connectivity index (χ2n) is 3.64. The molecular weight excluding hydrogens is 184 g/mol. The molecule has 0 spiro atoms. The molecule has 13 heavy (non-hydrogen) atoms. The molecule has 0 aromatic carbocycles. The van der Waals surface area contributed by atoms with Gasteiger partial charge in [-0.2, -0.15) is 0 Å². The molecule has 0 N–H and O–H groups in total. The van der Waals surface area contributed by atoms with Gasteiger partial charge in [-0.25, -0.2) is 0 Å². The topological polar surface area (TPSA) is 17.1 Å². The highest BCUT2D eigenvalue weighted by molar-refractivity contribution is 6.63. The molecule has 0 aromatic heterocycles. The fourth-order valence-corrected chi connectivity index (χ4v) is 1.76. The van der Waals surface area contributed by atoms with Crippen molar-refractivity contribution >= 4 is 16.8 Å². The average Bonchev–Trinajstić information content (AvgIpc) is 2.10. The molecule has 0 aliphatic rings. The summed E-state index contributed by atoms with van der Waals surface area (Å²) in [4.78, 5) is 11.0. The van der Waals surface area contributed by atoms with Crippen molar-refractivity contribution in [1.82, 2.24) is 0 Å². The Labute approximate surface area is 86.9 Å². The molecule has 1 atom stereocenters. The van der Waals surface area contributed by atoms with Crippen molar-refractivity contribution in [3.05, 3.63) is 0 Å². The van der Waals surface area contributed by atoms with E-state index in [0.717, 1.165) is 25.7 Å². The fourth-order valence-electron chi connectivity index (χ4n) is 1.54. The third-order valence-corrected chi connectivity index (χ3v) is 2.67. The molecule has 0 aromatic rings. The van der Waals surface area contributed by atoms with Crippen LogP contribution in [0, 0.1) is 5.92 Å². The number of hydrogen-bond acceptors (Lipinski definition) is 1. The normalized spacial score (nSPS) is 12.8. The van der Waals surface area contributed by atoms with Crippen LogP contribution in [0.5, 0.6) is 0 Å². The predicted molar refractivity (Wildman–Crippen MR) is 58.0 cm³/mol. The second kappa shape index (κ2) is 8.55. The van der Waals surface area contributed by atoms with Crippen LogP contribution in [0.2, 0.25) is 0 Å². The van der Waals surface area contributed by atoms with Crippen LogP contribution in [0.4, 0.5) is 0 Å². The average molecular weight is 205 g/mol. The first-order valence-corrected chi connectivity index (χ1v) is 5.79. The van der Waals surface area contributed by atoms with E-state index in [1.807, 2.05) is 0 Å². The molecule has 0 bridgehead atoms. The van der Waals surface area contributed by atoms with Crippen LogP contribution < -0.4 is 0 Å². The quantitative estimate of drug-likeness (QED) is 0.429. The number of unbranched alkanes of at least 4 members (excludes halogenated alkanes) is 3. The van der Waals surface area contributed by atoms with Crippen molar-refractivity contribution in [2.45, 2.75) is 58.8 Å². The Morgan fingerprint density at radius 3 is 2.23 bits per heavy atom. The molecule has 0 rings (SSSR count). The Hall–Kier alpha value is -0.0400. The molecule has 1 unspecified atom stereocenters. The molecular formula is C11H21ClO. The summed E-state index contributed by atoms with van der Waals surface area (Å²) in [7, 11) is 0. The van der Waals surface area contributed by atoms with E-state index in [-0.39, 0.29) is 11.2 Å². The van der Waals surface area contributed by atoms with Crippen LogP contribution in [-0.2, 0) is 4.79 Å². The summed E-state index contributed by atoms with van der Waals surface area (Å²) < 4.78 is 0. The van der Waals surface area contributed by atoms with Gasteiger partial charge in [-0.3, -0.25) is 4.79 Å². The van der Waals surface area contributed by atoms with Gasteiger partial charge in [-0.05, 0) is 24.4 Å². The Bertz CT molecular complexity index is 134. The Morgan fingerprint density at radius 2 is 1.77 bits per heavy atom. The van der Waals surface area contributed by atoms with Crippen molar-refractivity contribution in [3.8, 4) is 0 Å². The molecule has 0 aliphatic heterocycles. The van der Waals surface area contributed by atoms with Crippen molar-refractivity contribution in [2.24, 2.45) is 5.92 Å².